The van der Waals surface area contributed by atoms with E-state index in [1.165, 1.54) is 0 Å². The number of hydrogen-bond donors (Lipinski definition) is 0. The molecule has 0 aliphatic carbocycles. The number of carbonyl (C=O) groups is 1. The average molecular weight is 565 g/mol. The molecule has 1 unspecified atom stereocenters. The molecule has 1 atom stereocenters. The third kappa shape index (κ3) is 6.40. The smallest absolute Gasteiger partial charge is 0.254 e. The Labute approximate surface area is 241 Å². The second kappa shape index (κ2) is 12.2. The highest BCUT2D eigenvalue weighted by Gasteiger charge is 2.33. The molecule has 0 N–H and O–H groups in total. The normalized spacial score (nSPS) is 18.0. The lowest BCUT2D eigenvalue weighted by molar-refractivity contribution is 0.00807. The molecule has 0 spiro atoms. The first-order valence-corrected chi connectivity index (χ1v) is 14.4. The summed E-state index contributed by atoms with van der Waals surface area (Å²) in [7, 11) is 4.03. The van der Waals surface area contributed by atoms with E-state index in [9.17, 15) is 10.1 Å². The highest BCUT2D eigenvalue weighted by atomic mass is 35.5. The van der Waals surface area contributed by atoms with Crippen LogP contribution in [0.2, 0.25) is 10.0 Å². The number of likely N-dealkylation sites (N-methyl/N-ethyl adjacent to an activating group) is 2. The summed E-state index contributed by atoms with van der Waals surface area (Å²) in [5.74, 6) is 0.00857. The van der Waals surface area contributed by atoms with Gasteiger partial charge in [0.15, 0.2) is 0 Å². The number of amides is 1. The van der Waals surface area contributed by atoms with Crippen molar-refractivity contribution in [3.63, 3.8) is 0 Å². The molecule has 0 saturated carbocycles. The maximum Gasteiger partial charge on any atom is 0.254 e. The Balaban J connectivity index is 1.29. The minimum atomic E-state index is -0.0903. The van der Waals surface area contributed by atoms with Crippen LogP contribution in [-0.2, 0) is 0 Å². The predicted octanol–water partition coefficient (Wildman–Crippen LogP) is 5.20. The van der Waals surface area contributed by atoms with Gasteiger partial charge in [-0.05, 0) is 60.6 Å². The van der Waals surface area contributed by atoms with E-state index in [4.69, 9.17) is 23.2 Å². The Morgan fingerprint density at radius 3 is 2.51 bits per heavy atom. The van der Waals surface area contributed by atoms with E-state index in [1.807, 2.05) is 55.6 Å². The molecule has 8 heteroatoms. The van der Waals surface area contributed by atoms with E-state index >= 15 is 0 Å². The van der Waals surface area contributed by atoms with Gasteiger partial charge in [0.05, 0.1) is 21.7 Å². The van der Waals surface area contributed by atoms with Crippen LogP contribution in [0, 0.1) is 11.3 Å². The summed E-state index contributed by atoms with van der Waals surface area (Å²) in [6, 6.07) is 19.9. The quantitative estimate of drug-likeness (QED) is 0.377. The number of rotatable bonds is 8. The van der Waals surface area contributed by atoms with Crippen LogP contribution >= 0.6 is 23.2 Å². The van der Waals surface area contributed by atoms with Crippen LogP contribution in [0.25, 0.3) is 10.8 Å². The van der Waals surface area contributed by atoms with E-state index in [2.05, 4.69) is 27.8 Å². The van der Waals surface area contributed by atoms with Gasteiger partial charge in [0, 0.05) is 70.4 Å². The lowest BCUT2D eigenvalue weighted by atomic mass is 9.93. The van der Waals surface area contributed by atoms with Crippen molar-refractivity contribution in [2.45, 2.75) is 18.4 Å². The summed E-state index contributed by atoms with van der Waals surface area (Å²) >= 11 is 12.6. The van der Waals surface area contributed by atoms with Crippen LogP contribution in [0.4, 0.5) is 0 Å². The van der Waals surface area contributed by atoms with Gasteiger partial charge in [-0.1, -0.05) is 53.5 Å². The molecule has 3 aromatic carbocycles. The van der Waals surface area contributed by atoms with E-state index in [0.717, 1.165) is 68.6 Å². The lowest BCUT2D eigenvalue weighted by Crippen LogP contribution is -2.62. The number of likely N-dealkylation sites (tertiary alicyclic amines) is 1. The molecule has 39 heavy (non-hydrogen) atoms. The molecule has 0 aromatic heterocycles. The second-order valence-corrected chi connectivity index (χ2v) is 11.8. The zero-order valence-electron chi connectivity index (χ0n) is 22.6. The predicted molar refractivity (Wildman–Crippen MR) is 159 cm³/mol. The first-order chi connectivity index (χ1) is 18.8. The number of hydrogen-bond acceptors (Lipinski definition) is 5. The summed E-state index contributed by atoms with van der Waals surface area (Å²) in [5.41, 5.74) is 2.12. The van der Waals surface area contributed by atoms with Crippen molar-refractivity contribution in [3.05, 3.63) is 81.3 Å². The van der Waals surface area contributed by atoms with Crippen molar-refractivity contribution in [1.82, 2.24) is 19.6 Å². The number of benzene rings is 3. The van der Waals surface area contributed by atoms with Gasteiger partial charge in [0.2, 0.25) is 0 Å². The van der Waals surface area contributed by atoms with Crippen LogP contribution in [-0.4, -0.2) is 98.0 Å². The monoisotopic (exact) mass is 563 g/mol. The molecule has 2 aliphatic rings. The average Bonchev–Trinajstić information content (AvgIpc) is 2.92. The van der Waals surface area contributed by atoms with Crippen LogP contribution in [0.3, 0.4) is 0 Å². The van der Waals surface area contributed by atoms with Crippen molar-refractivity contribution in [3.8, 4) is 6.07 Å². The summed E-state index contributed by atoms with van der Waals surface area (Å²) in [6.07, 6.45) is 0.907. The molecule has 0 bridgehead atoms. The summed E-state index contributed by atoms with van der Waals surface area (Å²) in [6.45, 7) is 8.28. The first kappa shape index (κ1) is 27.9. The molecule has 3 aromatic rings. The second-order valence-electron chi connectivity index (χ2n) is 11.0. The number of carbonyl (C=O) groups excluding carboxylic acids is 1. The number of piperazine rings is 1. The van der Waals surface area contributed by atoms with Gasteiger partial charge in [0.25, 0.3) is 5.91 Å². The van der Waals surface area contributed by atoms with Gasteiger partial charge in [-0.3, -0.25) is 9.69 Å². The summed E-state index contributed by atoms with van der Waals surface area (Å²) < 4.78 is 0. The fourth-order valence-electron chi connectivity index (χ4n) is 5.78. The van der Waals surface area contributed by atoms with Crippen molar-refractivity contribution in [1.29, 1.82) is 5.26 Å². The molecule has 204 valence electrons. The summed E-state index contributed by atoms with van der Waals surface area (Å²) in [4.78, 5) is 23.0. The van der Waals surface area contributed by atoms with Gasteiger partial charge in [0.1, 0.15) is 0 Å². The molecule has 2 heterocycles. The fourth-order valence-corrected chi connectivity index (χ4v) is 6.09. The Bertz CT molecular complexity index is 1380. The van der Waals surface area contributed by atoms with Crippen LogP contribution in [0.1, 0.15) is 33.8 Å². The molecule has 6 nitrogen and oxygen atoms in total. The third-order valence-electron chi connectivity index (χ3n) is 8.26. The molecular formula is C31H35Cl2N5O. The molecule has 2 aliphatic heterocycles. The Hall–Kier alpha value is -2.66. The van der Waals surface area contributed by atoms with Crippen molar-refractivity contribution < 1.29 is 4.79 Å². The van der Waals surface area contributed by atoms with E-state index in [1.54, 1.807) is 11.0 Å². The van der Waals surface area contributed by atoms with Crippen molar-refractivity contribution in [2.24, 2.45) is 0 Å². The van der Waals surface area contributed by atoms with Crippen LogP contribution < -0.4 is 0 Å². The number of fused-ring (bicyclic) bond motifs is 1. The van der Waals surface area contributed by atoms with Crippen LogP contribution in [0.5, 0.6) is 0 Å². The van der Waals surface area contributed by atoms with Crippen molar-refractivity contribution >= 4 is 39.9 Å². The van der Waals surface area contributed by atoms with Gasteiger partial charge in [-0.2, -0.15) is 5.26 Å². The van der Waals surface area contributed by atoms with Gasteiger partial charge in [-0.15, -0.1) is 0 Å². The fraction of sp³-hybridized carbons (Fsp3) is 0.419. The standard InChI is InChI=1S/C31H35Cl2N5O/c1-35-11-13-38(14-12-35)26-20-37(21-26)10-9-25(23-7-8-29(32)30(33)17-23)19-36(2)31(39)28-16-22(18-34)15-24-5-3-4-6-27(24)28/h3-8,15-17,25-26H,9-14,19-21H2,1-2H3. The molecular weight excluding hydrogens is 529 g/mol. The Kier molecular flexibility index (Phi) is 8.76. The maximum absolute atomic E-state index is 13.7. The topological polar surface area (TPSA) is 53.8 Å². The van der Waals surface area contributed by atoms with Gasteiger partial charge < -0.3 is 14.7 Å². The molecule has 0 radical (unpaired) electrons. The van der Waals surface area contributed by atoms with Crippen molar-refractivity contribution in [2.75, 3.05) is 66.5 Å². The minimum absolute atomic E-state index is 0.0903. The van der Waals surface area contributed by atoms with E-state index in [0.29, 0.717) is 33.8 Å². The Morgan fingerprint density at radius 1 is 1.05 bits per heavy atom. The zero-order valence-corrected chi connectivity index (χ0v) is 24.1. The molecule has 1 amide bonds. The largest absolute Gasteiger partial charge is 0.341 e. The minimum Gasteiger partial charge on any atom is -0.341 e. The van der Waals surface area contributed by atoms with E-state index < -0.39 is 0 Å². The Morgan fingerprint density at radius 2 is 1.79 bits per heavy atom. The molecule has 2 saturated heterocycles. The first-order valence-electron chi connectivity index (χ1n) is 13.6. The third-order valence-corrected chi connectivity index (χ3v) is 9.00. The van der Waals surface area contributed by atoms with Gasteiger partial charge in [-0.25, -0.2) is 0 Å². The number of nitrogens with zero attached hydrogens (tertiary/aromatic N) is 5. The maximum atomic E-state index is 13.7. The highest BCUT2D eigenvalue weighted by Crippen LogP contribution is 2.30. The van der Waals surface area contributed by atoms with Gasteiger partial charge >= 0.3 is 0 Å². The highest BCUT2D eigenvalue weighted by molar-refractivity contribution is 6.42. The SMILES string of the molecule is CN1CCN(C2CN(CCC(CN(C)C(=O)c3cc(C#N)cc4ccccc34)c3ccc(Cl)c(Cl)c3)C2)CC1. The summed E-state index contributed by atoms with van der Waals surface area (Å²) in [5, 5.41) is 12.3. The number of halogens is 2. The molecule has 2 fully saturated rings. The lowest BCUT2D eigenvalue weighted by Gasteiger charge is -2.48. The van der Waals surface area contributed by atoms with Crippen LogP contribution in [0.15, 0.2) is 54.6 Å². The molecule has 5 rings (SSSR count). The zero-order chi connectivity index (χ0) is 27.5. The number of nitriles is 1. The van der Waals surface area contributed by atoms with E-state index in [-0.39, 0.29) is 11.8 Å².